The number of hydrogen-bond donors (Lipinski definition) is 0. The fraction of sp³-hybridized carbons (Fsp3) is 0. The van der Waals surface area contributed by atoms with E-state index in [0.29, 0.717) is 39.8 Å². The largest absolute Gasteiger partial charge is 0.309 e. The van der Waals surface area contributed by atoms with E-state index in [4.69, 9.17) is 33.1 Å². The molecule has 0 bridgehead atoms. The lowest BCUT2D eigenvalue weighted by atomic mass is 9.98. The summed E-state index contributed by atoms with van der Waals surface area (Å²) in [7, 11) is 0. The number of fused-ring (bicyclic) bond motifs is 3. The zero-order valence-corrected chi connectivity index (χ0v) is 39.9. The van der Waals surface area contributed by atoms with Crippen LogP contribution in [0.2, 0.25) is 0 Å². The van der Waals surface area contributed by atoms with E-state index >= 15 is 0 Å². The molecule has 0 atom stereocenters. The molecule has 0 saturated heterocycles. The molecule has 9 heteroatoms. The van der Waals surface area contributed by atoms with Crippen LogP contribution in [0, 0.1) is 35.8 Å². The van der Waals surface area contributed by atoms with Crippen molar-refractivity contribution in [1.29, 1.82) is 10.5 Å². The Morgan fingerprint density at radius 1 is 0.347 bits per heavy atom. The Morgan fingerprint density at radius 2 is 0.747 bits per heavy atom. The number of hydrogen-bond acceptors (Lipinski definition) is 6. The van der Waals surface area contributed by atoms with Crippen LogP contribution >= 0.6 is 0 Å². The first-order valence-corrected chi connectivity index (χ1v) is 24.0. The fourth-order valence-corrected chi connectivity index (χ4v) is 9.68. The zero-order valence-electron chi connectivity index (χ0n) is 39.9. The van der Waals surface area contributed by atoms with Gasteiger partial charge in [0.2, 0.25) is 0 Å². The van der Waals surface area contributed by atoms with Crippen LogP contribution in [-0.4, -0.2) is 24.5 Å². The lowest BCUT2D eigenvalue weighted by Gasteiger charge is -2.17. The Hall–Kier alpha value is -11.1. The summed E-state index contributed by atoms with van der Waals surface area (Å²) in [5, 5.41) is 21.8. The third kappa shape index (κ3) is 8.68. The Kier molecular flexibility index (Phi) is 11.6. The normalized spacial score (nSPS) is 10.9. The third-order valence-corrected chi connectivity index (χ3v) is 13.2. The van der Waals surface area contributed by atoms with E-state index in [0.717, 1.165) is 100 Å². The molecule has 0 amide bonds. The van der Waals surface area contributed by atoms with Crippen molar-refractivity contribution in [3.63, 3.8) is 0 Å². The Bertz CT molecular complexity index is 4070. The molecular weight excluding hydrogens is 919 g/mol. The molecule has 346 valence electrons. The smallest absolute Gasteiger partial charge is 0.189 e. The molecule has 0 N–H and O–H groups in total. The van der Waals surface area contributed by atoms with E-state index in [1.54, 1.807) is 36.4 Å². The number of nitrogens with zero attached hydrogens (tertiary/aromatic N) is 9. The Balaban J connectivity index is 1.16. The highest BCUT2D eigenvalue weighted by Gasteiger charge is 2.22. The maximum Gasteiger partial charge on any atom is 0.189 e. The molecule has 0 saturated carbocycles. The fourth-order valence-electron chi connectivity index (χ4n) is 9.68. The summed E-state index contributed by atoms with van der Waals surface area (Å²) in [6.45, 7) is 15.6. The van der Waals surface area contributed by atoms with Gasteiger partial charge in [-0.15, -0.1) is 0 Å². The molecule has 0 spiro atoms. The van der Waals surface area contributed by atoms with Crippen molar-refractivity contribution < 1.29 is 0 Å². The third-order valence-electron chi connectivity index (χ3n) is 13.2. The second-order valence-electron chi connectivity index (χ2n) is 17.9. The van der Waals surface area contributed by atoms with Gasteiger partial charge < -0.3 is 4.57 Å². The number of rotatable bonds is 9. The first kappa shape index (κ1) is 45.1. The van der Waals surface area contributed by atoms with Gasteiger partial charge in [-0.3, -0.25) is 0 Å². The standard InChI is InChI=1S/C66H37N9/c1-69-53-31-42(40-67)29-51(33-53)48-23-26-62-55(35-48)56-36-49(52-30-43(41-68)32-54(34-52)70-2)24-27-63(56)75(62)64-28-25-50(66-72-58(44-15-7-3-8-16-44)38-59(73-66)45-17-9-4-10-18-45)37-57(64)61-39-60(46-19-11-5-12-20-46)71-65(74-61)47-21-13-6-14-22-47/h3-39H. The first-order valence-electron chi connectivity index (χ1n) is 24.0. The number of aromatic nitrogens is 5. The topological polar surface area (TPSA) is 113 Å². The minimum Gasteiger partial charge on any atom is -0.309 e. The van der Waals surface area contributed by atoms with E-state index in [2.05, 4.69) is 105 Å². The molecule has 12 rings (SSSR count). The second-order valence-corrected chi connectivity index (χ2v) is 17.9. The quantitative estimate of drug-likeness (QED) is 0.133. The van der Waals surface area contributed by atoms with Gasteiger partial charge in [-0.05, 0) is 113 Å². The Labute approximate surface area is 432 Å². The summed E-state index contributed by atoms with van der Waals surface area (Å²) in [6.07, 6.45) is 0. The first-order chi connectivity index (χ1) is 36.9. The predicted molar refractivity (Wildman–Crippen MR) is 297 cm³/mol. The van der Waals surface area contributed by atoms with Crippen molar-refractivity contribution in [3.05, 3.63) is 258 Å². The zero-order chi connectivity index (χ0) is 50.8. The van der Waals surface area contributed by atoms with Gasteiger partial charge in [0.1, 0.15) is 0 Å². The molecular formula is C66H37N9. The van der Waals surface area contributed by atoms with Gasteiger partial charge in [-0.1, -0.05) is 133 Å². The predicted octanol–water partition coefficient (Wildman–Crippen LogP) is 16.5. The minimum absolute atomic E-state index is 0.371. The van der Waals surface area contributed by atoms with Gasteiger partial charge in [0.05, 0.1) is 64.8 Å². The molecule has 0 aliphatic rings. The lowest BCUT2D eigenvalue weighted by Crippen LogP contribution is -2.02. The average molecular weight is 956 g/mol. The van der Waals surface area contributed by atoms with Crippen LogP contribution in [0.25, 0.3) is 127 Å². The second kappa shape index (κ2) is 19.2. The number of nitriles is 2. The van der Waals surface area contributed by atoms with Crippen LogP contribution in [0.5, 0.6) is 0 Å². The van der Waals surface area contributed by atoms with Crippen LogP contribution in [0.15, 0.2) is 224 Å². The van der Waals surface area contributed by atoms with Crippen LogP contribution in [0.3, 0.4) is 0 Å². The lowest BCUT2D eigenvalue weighted by molar-refractivity contribution is 1.14. The van der Waals surface area contributed by atoms with E-state index in [-0.39, 0.29) is 0 Å². The van der Waals surface area contributed by atoms with Gasteiger partial charge in [-0.25, -0.2) is 29.6 Å². The average Bonchev–Trinajstić information content (AvgIpc) is 3.88. The highest BCUT2D eigenvalue weighted by atomic mass is 15.0. The summed E-state index contributed by atoms with van der Waals surface area (Å²) in [5.41, 5.74) is 15.5. The van der Waals surface area contributed by atoms with Gasteiger partial charge in [0.15, 0.2) is 23.0 Å². The molecule has 0 aliphatic carbocycles. The van der Waals surface area contributed by atoms with Gasteiger partial charge in [0.25, 0.3) is 0 Å². The molecule has 0 aliphatic heterocycles. The van der Waals surface area contributed by atoms with Crippen LogP contribution in [0.4, 0.5) is 11.4 Å². The molecule has 3 heterocycles. The van der Waals surface area contributed by atoms with Crippen molar-refractivity contribution in [3.8, 4) is 108 Å². The maximum atomic E-state index is 9.98. The van der Waals surface area contributed by atoms with E-state index < -0.39 is 0 Å². The SMILES string of the molecule is [C-]#[N+]c1cc(C#N)cc(-c2ccc3c(c2)c2cc(-c4cc(C#N)cc([N+]#[C-])c4)ccc2n3-c2ccc(-c3nc(-c4ccccc4)cc(-c4ccccc4)n3)cc2-c2cc(-c3ccccc3)nc(-c3ccccc3)n2)c1. The summed E-state index contributed by atoms with van der Waals surface area (Å²) < 4.78 is 2.24. The van der Waals surface area contributed by atoms with E-state index in [1.807, 2.05) is 109 Å². The van der Waals surface area contributed by atoms with Gasteiger partial charge >= 0.3 is 0 Å². The molecule has 0 unspecified atom stereocenters. The molecule has 12 aromatic rings. The monoisotopic (exact) mass is 955 g/mol. The van der Waals surface area contributed by atoms with E-state index in [9.17, 15) is 10.5 Å². The van der Waals surface area contributed by atoms with Crippen LogP contribution in [0.1, 0.15) is 11.1 Å². The maximum absolute atomic E-state index is 9.98. The molecule has 9 nitrogen and oxygen atoms in total. The minimum atomic E-state index is 0.371. The number of benzene rings is 9. The molecule has 75 heavy (non-hydrogen) atoms. The van der Waals surface area contributed by atoms with Crippen molar-refractivity contribution in [2.75, 3.05) is 0 Å². The summed E-state index contributed by atoms with van der Waals surface area (Å²) in [4.78, 5) is 28.5. The van der Waals surface area contributed by atoms with Crippen LogP contribution in [-0.2, 0) is 0 Å². The molecule has 0 fully saturated rings. The van der Waals surface area contributed by atoms with Crippen molar-refractivity contribution in [2.24, 2.45) is 0 Å². The highest BCUT2D eigenvalue weighted by Crippen LogP contribution is 2.42. The summed E-state index contributed by atoms with van der Waals surface area (Å²) in [6, 6.07) is 78.0. The molecule has 0 radical (unpaired) electrons. The van der Waals surface area contributed by atoms with E-state index in [1.165, 1.54) is 0 Å². The summed E-state index contributed by atoms with van der Waals surface area (Å²) >= 11 is 0. The summed E-state index contributed by atoms with van der Waals surface area (Å²) in [5.74, 6) is 1.10. The van der Waals surface area contributed by atoms with Crippen molar-refractivity contribution in [2.45, 2.75) is 0 Å². The van der Waals surface area contributed by atoms with Crippen molar-refractivity contribution >= 4 is 33.2 Å². The highest BCUT2D eigenvalue weighted by molar-refractivity contribution is 6.12. The van der Waals surface area contributed by atoms with Crippen LogP contribution < -0.4 is 0 Å². The van der Waals surface area contributed by atoms with Gasteiger partial charge in [-0.2, -0.15) is 10.5 Å². The van der Waals surface area contributed by atoms with Crippen molar-refractivity contribution in [1.82, 2.24) is 24.5 Å². The Morgan fingerprint density at radius 3 is 1.19 bits per heavy atom. The van der Waals surface area contributed by atoms with Gasteiger partial charge in [0, 0.05) is 55.3 Å². The molecule has 3 aromatic heterocycles. The molecule has 9 aromatic carbocycles.